The smallest absolute Gasteiger partial charge is 0.139 e. The number of aliphatic hydroxyl groups is 1. The molecule has 0 saturated carbocycles. The number of rotatable bonds is 7. The third-order valence-electron chi connectivity index (χ3n) is 4.25. The fourth-order valence-electron chi connectivity index (χ4n) is 2.88. The highest BCUT2D eigenvalue weighted by Crippen LogP contribution is 2.29. The van der Waals surface area contributed by atoms with E-state index in [9.17, 15) is 5.11 Å². The standard InChI is InChI=1S/C19H23N3O3/c1-13-5-4-8-22-14(11-21-19(13)22)10-20-12-17(23)16-9-15(24-2)6-7-18(16)25-3/h4-9,11,17,20,23H,10,12H2,1-3H3. The Morgan fingerprint density at radius 1 is 1.24 bits per heavy atom. The molecule has 3 rings (SSSR count). The van der Waals surface area contributed by atoms with Crippen molar-refractivity contribution in [2.24, 2.45) is 0 Å². The highest BCUT2D eigenvalue weighted by molar-refractivity contribution is 5.48. The van der Waals surface area contributed by atoms with Crippen LogP contribution in [0.3, 0.4) is 0 Å². The molecule has 25 heavy (non-hydrogen) atoms. The summed E-state index contributed by atoms with van der Waals surface area (Å²) in [5.74, 6) is 1.33. The molecule has 1 unspecified atom stereocenters. The van der Waals surface area contributed by atoms with Crippen LogP contribution in [0.5, 0.6) is 11.5 Å². The van der Waals surface area contributed by atoms with Crippen LogP contribution in [0.15, 0.2) is 42.7 Å². The van der Waals surface area contributed by atoms with Gasteiger partial charge in [-0.1, -0.05) is 6.07 Å². The van der Waals surface area contributed by atoms with Crippen LogP contribution in [0, 0.1) is 6.92 Å². The van der Waals surface area contributed by atoms with Crippen molar-refractivity contribution in [1.29, 1.82) is 0 Å². The third-order valence-corrected chi connectivity index (χ3v) is 4.25. The normalized spacial score (nSPS) is 12.3. The summed E-state index contributed by atoms with van der Waals surface area (Å²) in [4.78, 5) is 4.45. The number of benzene rings is 1. The fourth-order valence-corrected chi connectivity index (χ4v) is 2.88. The molecular weight excluding hydrogens is 318 g/mol. The summed E-state index contributed by atoms with van der Waals surface area (Å²) < 4.78 is 12.6. The van der Waals surface area contributed by atoms with Crippen molar-refractivity contribution in [3.05, 3.63) is 59.5 Å². The Bertz CT molecular complexity index is 860. The van der Waals surface area contributed by atoms with Gasteiger partial charge in [0, 0.05) is 24.8 Å². The van der Waals surface area contributed by atoms with E-state index in [0.717, 1.165) is 16.9 Å². The van der Waals surface area contributed by atoms with Crippen molar-refractivity contribution in [2.45, 2.75) is 19.6 Å². The maximum absolute atomic E-state index is 10.5. The predicted molar refractivity (Wildman–Crippen MR) is 96.1 cm³/mol. The summed E-state index contributed by atoms with van der Waals surface area (Å²) in [5.41, 5.74) is 3.83. The first-order chi connectivity index (χ1) is 12.1. The molecule has 3 aromatic rings. The summed E-state index contributed by atoms with van der Waals surface area (Å²) in [6.07, 6.45) is 3.15. The second kappa shape index (κ2) is 7.55. The number of hydrogen-bond donors (Lipinski definition) is 2. The van der Waals surface area contributed by atoms with E-state index in [1.807, 2.05) is 37.5 Å². The average Bonchev–Trinajstić information content (AvgIpc) is 3.05. The Labute approximate surface area is 147 Å². The Kier molecular flexibility index (Phi) is 5.21. The van der Waals surface area contributed by atoms with E-state index in [-0.39, 0.29) is 0 Å². The number of ether oxygens (including phenoxy) is 2. The van der Waals surface area contributed by atoms with Crippen LogP contribution in [0.1, 0.15) is 22.9 Å². The Morgan fingerprint density at radius 2 is 2.08 bits per heavy atom. The van der Waals surface area contributed by atoms with E-state index in [0.29, 0.717) is 30.2 Å². The molecule has 0 aliphatic heterocycles. The molecule has 6 heteroatoms. The summed E-state index contributed by atoms with van der Waals surface area (Å²) in [6.45, 7) is 3.04. The maximum atomic E-state index is 10.5. The Balaban J connectivity index is 1.68. The molecule has 1 atom stereocenters. The molecule has 2 heterocycles. The molecule has 2 N–H and O–H groups in total. The van der Waals surface area contributed by atoms with Crippen LogP contribution in [0.4, 0.5) is 0 Å². The minimum absolute atomic E-state index is 0.391. The number of nitrogens with zero attached hydrogens (tertiary/aromatic N) is 2. The summed E-state index contributed by atoms with van der Waals surface area (Å²) in [6, 6.07) is 9.44. The van der Waals surface area contributed by atoms with Crippen LogP contribution in [-0.2, 0) is 6.54 Å². The molecule has 0 radical (unpaired) electrons. The zero-order chi connectivity index (χ0) is 17.8. The molecule has 2 aromatic heterocycles. The van der Waals surface area contributed by atoms with Gasteiger partial charge in [-0.3, -0.25) is 0 Å². The zero-order valence-corrected chi connectivity index (χ0v) is 14.7. The number of aliphatic hydroxyl groups excluding tert-OH is 1. The number of pyridine rings is 1. The number of aryl methyl sites for hydroxylation is 1. The van der Waals surface area contributed by atoms with Gasteiger partial charge in [0.2, 0.25) is 0 Å². The highest BCUT2D eigenvalue weighted by Gasteiger charge is 2.15. The quantitative estimate of drug-likeness (QED) is 0.691. The lowest BCUT2D eigenvalue weighted by Gasteiger charge is -2.16. The van der Waals surface area contributed by atoms with Crippen molar-refractivity contribution in [3.8, 4) is 11.5 Å². The van der Waals surface area contributed by atoms with Gasteiger partial charge in [-0.2, -0.15) is 0 Å². The lowest BCUT2D eigenvalue weighted by Crippen LogP contribution is -2.22. The lowest BCUT2D eigenvalue weighted by molar-refractivity contribution is 0.169. The average molecular weight is 341 g/mol. The van der Waals surface area contributed by atoms with E-state index >= 15 is 0 Å². The van der Waals surface area contributed by atoms with Crippen LogP contribution >= 0.6 is 0 Å². The minimum atomic E-state index is -0.703. The van der Waals surface area contributed by atoms with Gasteiger partial charge < -0.3 is 24.3 Å². The van der Waals surface area contributed by atoms with Gasteiger partial charge in [-0.05, 0) is 36.8 Å². The SMILES string of the molecule is COc1ccc(OC)c(C(O)CNCc2cnc3c(C)cccn23)c1. The molecule has 0 aliphatic rings. The van der Waals surface area contributed by atoms with Gasteiger partial charge in [-0.25, -0.2) is 4.98 Å². The van der Waals surface area contributed by atoms with E-state index in [2.05, 4.69) is 14.7 Å². The van der Waals surface area contributed by atoms with Crippen molar-refractivity contribution in [1.82, 2.24) is 14.7 Å². The summed E-state index contributed by atoms with van der Waals surface area (Å²) in [7, 11) is 3.19. The maximum Gasteiger partial charge on any atom is 0.139 e. The van der Waals surface area contributed by atoms with E-state index in [1.54, 1.807) is 26.4 Å². The number of methoxy groups -OCH3 is 2. The van der Waals surface area contributed by atoms with Crippen molar-refractivity contribution in [2.75, 3.05) is 20.8 Å². The number of nitrogens with one attached hydrogen (secondary N) is 1. The van der Waals surface area contributed by atoms with E-state index < -0.39 is 6.10 Å². The topological polar surface area (TPSA) is 68.0 Å². The van der Waals surface area contributed by atoms with Gasteiger partial charge in [-0.15, -0.1) is 0 Å². The number of aromatic nitrogens is 2. The molecule has 6 nitrogen and oxygen atoms in total. The first kappa shape index (κ1) is 17.3. The summed E-state index contributed by atoms with van der Waals surface area (Å²) >= 11 is 0. The van der Waals surface area contributed by atoms with Gasteiger partial charge in [0.15, 0.2) is 0 Å². The van der Waals surface area contributed by atoms with Crippen LogP contribution in [0.2, 0.25) is 0 Å². The van der Waals surface area contributed by atoms with Crippen molar-refractivity contribution < 1.29 is 14.6 Å². The number of fused-ring (bicyclic) bond motifs is 1. The second-order valence-corrected chi connectivity index (χ2v) is 5.89. The van der Waals surface area contributed by atoms with E-state index in [4.69, 9.17) is 9.47 Å². The molecule has 1 aromatic carbocycles. The zero-order valence-electron chi connectivity index (χ0n) is 14.7. The third kappa shape index (κ3) is 3.60. The predicted octanol–water partition coefficient (Wildman–Crippen LogP) is 2.48. The molecule has 0 amide bonds. The second-order valence-electron chi connectivity index (χ2n) is 5.89. The fraction of sp³-hybridized carbons (Fsp3) is 0.316. The van der Waals surface area contributed by atoms with E-state index in [1.165, 1.54) is 0 Å². The molecule has 0 saturated heterocycles. The molecule has 0 fully saturated rings. The molecule has 0 aliphatic carbocycles. The van der Waals surface area contributed by atoms with Gasteiger partial charge in [0.25, 0.3) is 0 Å². The van der Waals surface area contributed by atoms with Gasteiger partial charge >= 0.3 is 0 Å². The Morgan fingerprint density at radius 3 is 2.84 bits per heavy atom. The minimum Gasteiger partial charge on any atom is -0.497 e. The monoisotopic (exact) mass is 341 g/mol. The van der Waals surface area contributed by atoms with Gasteiger partial charge in [0.05, 0.1) is 32.2 Å². The Hall–Kier alpha value is -2.57. The highest BCUT2D eigenvalue weighted by atomic mass is 16.5. The summed E-state index contributed by atoms with van der Waals surface area (Å²) in [5, 5.41) is 13.8. The molecule has 132 valence electrons. The van der Waals surface area contributed by atoms with Crippen LogP contribution in [-0.4, -0.2) is 35.3 Å². The lowest BCUT2D eigenvalue weighted by atomic mass is 10.1. The van der Waals surface area contributed by atoms with Crippen LogP contribution < -0.4 is 14.8 Å². The molecule has 0 spiro atoms. The first-order valence-corrected chi connectivity index (χ1v) is 8.16. The van der Waals surface area contributed by atoms with Crippen LogP contribution in [0.25, 0.3) is 5.65 Å². The molecule has 0 bridgehead atoms. The van der Waals surface area contributed by atoms with Crippen molar-refractivity contribution >= 4 is 5.65 Å². The largest absolute Gasteiger partial charge is 0.497 e. The van der Waals surface area contributed by atoms with Gasteiger partial charge in [0.1, 0.15) is 17.1 Å². The van der Waals surface area contributed by atoms with Crippen molar-refractivity contribution in [3.63, 3.8) is 0 Å². The number of imidazole rings is 1. The molecular formula is C19H23N3O3. The number of hydrogen-bond acceptors (Lipinski definition) is 5. The first-order valence-electron chi connectivity index (χ1n) is 8.16.